The molecule has 0 aliphatic rings. The van der Waals surface area contributed by atoms with Crippen LogP contribution in [0.15, 0.2) is 35.4 Å². The van der Waals surface area contributed by atoms with E-state index in [4.69, 9.17) is 0 Å². The number of hydrogen-bond donors (Lipinski definition) is 3. The predicted molar refractivity (Wildman–Crippen MR) is 101 cm³/mol. The van der Waals surface area contributed by atoms with Crippen LogP contribution in [0.2, 0.25) is 0 Å². The van der Waals surface area contributed by atoms with Crippen LogP contribution in [0.5, 0.6) is 0 Å². The maximum absolute atomic E-state index is 11.5. The average molecular weight is 356 g/mol. The number of H-pyrrole nitrogens is 1. The van der Waals surface area contributed by atoms with Crippen molar-refractivity contribution in [3.8, 4) is 0 Å². The third-order valence-electron chi connectivity index (χ3n) is 3.55. The molecule has 0 aliphatic heterocycles. The lowest BCUT2D eigenvalue weighted by Gasteiger charge is -2.18. The second kappa shape index (κ2) is 6.40. The van der Waals surface area contributed by atoms with Crippen molar-refractivity contribution in [3.05, 3.63) is 41.7 Å². The third-order valence-corrected chi connectivity index (χ3v) is 4.65. The predicted octanol–water partition coefficient (Wildman–Crippen LogP) is 4.60. The Kier molecular flexibility index (Phi) is 4.43. The van der Waals surface area contributed by atoms with Gasteiger partial charge in [0.05, 0.1) is 11.2 Å². The number of benzene rings is 1. The normalized spacial score (nSPS) is 11.7. The number of anilines is 2. The monoisotopic (exact) mass is 356 g/mol. The fourth-order valence-electron chi connectivity index (χ4n) is 2.56. The minimum absolute atomic E-state index is 0.0965. The van der Waals surface area contributed by atoms with Crippen LogP contribution in [-0.4, -0.2) is 31.0 Å². The summed E-state index contributed by atoms with van der Waals surface area (Å²) in [4.78, 5) is 17.0. The van der Waals surface area contributed by atoms with E-state index >= 15 is 0 Å². The Morgan fingerprint density at radius 3 is 2.72 bits per heavy atom. The van der Waals surface area contributed by atoms with Gasteiger partial charge in [0, 0.05) is 26.9 Å². The molecule has 0 aliphatic carbocycles. The highest BCUT2D eigenvalue weighted by atomic mass is 32.2. The zero-order valence-corrected chi connectivity index (χ0v) is 15.4. The Balaban J connectivity index is 2.04. The second-order valence-electron chi connectivity index (χ2n) is 6.75. The van der Waals surface area contributed by atoms with E-state index in [-0.39, 0.29) is 10.3 Å². The van der Waals surface area contributed by atoms with E-state index in [0.717, 1.165) is 21.5 Å². The minimum atomic E-state index is -1.02. The molecule has 0 saturated heterocycles. The van der Waals surface area contributed by atoms with Gasteiger partial charge < -0.3 is 10.4 Å². The number of aromatic nitrogens is 3. The largest absolute Gasteiger partial charge is 0.477 e. The third kappa shape index (κ3) is 3.76. The maximum atomic E-state index is 11.5. The summed E-state index contributed by atoms with van der Waals surface area (Å²) < 4.78 is 0.0965. The number of nitrogens with one attached hydrogen (secondary N) is 2. The van der Waals surface area contributed by atoms with Crippen molar-refractivity contribution in [2.45, 2.75) is 37.3 Å². The van der Waals surface area contributed by atoms with Gasteiger partial charge in [-0.1, -0.05) is 20.8 Å². The first kappa shape index (κ1) is 17.3. The van der Waals surface area contributed by atoms with Crippen molar-refractivity contribution in [1.82, 2.24) is 15.2 Å². The van der Waals surface area contributed by atoms with E-state index in [1.807, 2.05) is 12.1 Å². The molecule has 25 heavy (non-hydrogen) atoms. The molecule has 0 spiro atoms. The van der Waals surface area contributed by atoms with Crippen LogP contribution >= 0.6 is 11.8 Å². The molecule has 0 saturated carbocycles. The summed E-state index contributed by atoms with van der Waals surface area (Å²) in [6, 6.07) is 7.92. The lowest BCUT2D eigenvalue weighted by atomic mass is 10.1. The number of carboxylic acids is 1. The Bertz CT molecular complexity index is 944. The van der Waals surface area contributed by atoms with Crippen molar-refractivity contribution in [3.63, 3.8) is 0 Å². The van der Waals surface area contributed by atoms with Crippen LogP contribution in [0.4, 0.5) is 11.5 Å². The number of nitrogens with zero attached hydrogens (tertiary/aromatic N) is 2. The molecule has 3 aromatic rings. The van der Waals surface area contributed by atoms with Crippen molar-refractivity contribution in [1.29, 1.82) is 0 Å². The summed E-state index contributed by atoms with van der Waals surface area (Å²) in [7, 11) is 0. The van der Waals surface area contributed by atoms with Crippen LogP contribution in [0.1, 0.15) is 36.8 Å². The minimum Gasteiger partial charge on any atom is -0.477 e. The van der Waals surface area contributed by atoms with E-state index in [0.29, 0.717) is 11.5 Å². The Morgan fingerprint density at radius 2 is 2.04 bits per heavy atom. The van der Waals surface area contributed by atoms with Gasteiger partial charge in [0.1, 0.15) is 5.56 Å². The number of carboxylic acid groups (broad SMARTS) is 1. The van der Waals surface area contributed by atoms with E-state index in [1.165, 1.54) is 0 Å². The van der Waals surface area contributed by atoms with Crippen LogP contribution < -0.4 is 5.32 Å². The fourth-order valence-corrected chi connectivity index (χ4v) is 3.58. The number of pyridine rings is 1. The molecule has 6 nitrogen and oxygen atoms in total. The van der Waals surface area contributed by atoms with Crippen molar-refractivity contribution in [2.75, 3.05) is 5.32 Å². The van der Waals surface area contributed by atoms with Gasteiger partial charge in [-0.25, -0.2) is 4.79 Å². The van der Waals surface area contributed by atoms with Gasteiger partial charge >= 0.3 is 5.97 Å². The summed E-state index contributed by atoms with van der Waals surface area (Å²) in [5.41, 5.74) is 2.27. The van der Waals surface area contributed by atoms with Gasteiger partial charge in [-0.15, -0.1) is 11.8 Å². The van der Waals surface area contributed by atoms with Crippen molar-refractivity contribution in [2.24, 2.45) is 0 Å². The summed E-state index contributed by atoms with van der Waals surface area (Å²) in [5, 5.41) is 20.2. The van der Waals surface area contributed by atoms with E-state index < -0.39 is 5.97 Å². The molecule has 3 N–H and O–H groups in total. The van der Waals surface area contributed by atoms with Crippen LogP contribution in [0.25, 0.3) is 10.9 Å². The number of hydrogen-bond acceptors (Lipinski definition) is 5. The number of aromatic carboxylic acids is 1. The van der Waals surface area contributed by atoms with Crippen LogP contribution in [0, 0.1) is 6.92 Å². The van der Waals surface area contributed by atoms with E-state index in [2.05, 4.69) is 53.4 Å². The van der Waals surface area contributed by atoms with Crippen LogP contribution in [-0.2, 0) is 0 Å². The van der Waals surface area contributed by atoms with E-state index in [1.54, 1.807) is 24.9 Å². The average Bonchev–Trinajstić information content (AvgIpc) is 2.87. The molecule has 7 heteroatoms. The Morgan fingerprint density at radius 1 is 1.28 bits per heavy atom. The molecule has 0 bridgehead atoms. The van der Waals surface area contributed by atoms with Gasteiger partial charge in [-0.2, -0.15) is 5.10 Å². The van der Waals surface area contributed by atoms with Gasteiger partial charge in [-0.05, 0) is 31.2 Å². The molecule has 130 valence electrons. The molecule has 3 rings (SSSR count). The first-order valence-corrected chi connectivity index (χ1v) is 8.69. The van der Waals surface area contributed by atoms with Gasteiger partial charge in [0.25, 0.3) is 0 Å². The molecule has 0 radical (unpaired) electrons. The number of fused-ring (bicyclic) bond motifs is 1. The summed E-state index contributed by atoms with van der Waals surface area (Å²) in [6.07, 6.45) is 1.70. The summed E-state index contributed by atoms with van der Waals surface area (Å²) in [5.74, 6) is -0.720. The standard InChI is InChI=1S/C18H20N4O2S/c1-10-15(17(23)24)16(22-21-10)20-14-7-8-19-13-6-5-11(9-12(13)14)25-18(2,3)4/h5-9H,1-4H3,(H,23,24)(H2,19,20,21,22). The molecule has 0 atom stereocenters. The zero-order chi connectivity index (χ0) is 18.2. The highest BCUT2D eigenvalue weighted by Crippen LogP contribution is 2.35. The van der Waals surface area contributed by atoms with Gasteiger partial charge in [0.2, 0.25) is 0 Å². The van der Waals surface area contributed by atoms with E-state index in [9.17, 15) is 9.90 Å². The van der Waals surface area contributed by atoms with Crippen LogP contribution in [0.3, 0.4) is 0 Å². The number of thioether (sulfide) groups is 1. The molecule has 2 heterocycles. The molecular weight excluding hydrogens is 336 g/mol. The zero-order valence-electron chi connectivity index (χ0n) is 14.5. The van der Waals surface area contributed by atoms with Crippen molar-refractivity contribution >= 4 is 40.1 Å². The lowest BCUT2D eigenvalue weighted by molar-refractivity contribution is 0.0697. The Labute approximate surface area is 150 Å². The lowest BCUT2D eigenvalue weighted by Crippen LogP contribution is -2.06. The Hall–Kier alpha value is -2.54. The molecular formula is C18H20N4O2S. The highest BCUT2D eigenvalue weighted by molar-refractivity contribution is 8.00. The summed E-state index contributed by atoms with van der Waals surface area (Å²) >= 11 is 1.77. The second-order valence-corrected chi connectivity index (χ2v) is 8.65. The molecule has 0 unspecified atom stereocenters. The number of carbonyl (C=O) groups is 1. The number of aromatic amines is 1. The smallest absolute Gasteiger partial charge is 0.341 e. The fraction of sp³-hybridized carbons (Fsp3) is 0.278. The number of rotatable bonds is 4. The van der Waals surface area contributed by atoms with Gasteiger partial charge in [0.15, 0.2) is 5.82 Å². The quantitative estimate of drug-likeness (QED) is 0.592. The number of aryl methyl sites for hydroxylation is 1. The highest BCUT2D eigenvalue weighted by Gasteiger charge is 2.18. The summed E-state index contributed by atoms with van der Waals surface area (Å²) in [6.45, 7) is 8.17. The SMILES string of the molecule is Cc1[nH]nc(Nc2ccnc3ccc(SC(C)(C)C)cc23)c1C(=O)O. The van der Waals surface area contributed by atoms with Crippen molar-refractivity contribution < 1.29 is 9.90 Å². The van der Waals surface area contributed by atoms with Gasteiger partial charge in [-0.3, -0.25) is 10.1 Å². The topological polar surface area (TPSA) is 90.9 Å². The first-order chi connectivity index (χ1) is 11.7. The molecule has 1 aromatic carbocycles. The first-order valence-electron chi connectivity index (χ1n) is 7.88. The maximum Gasteiger partial charge on any atom is 0.341 e. The molecule has 0 amide bonds. The molecule has 2 aromatic heterocycles. The molecule has 0 fully saturated rings.